The van der Waals surface area contributed by atoms with Crippen LogP contribution < -0.4 is 10.6 Å². The van der Waals surface area contributed by atoms with Crippen LogP contribution in [0.25, 0.3) is 86.9 Å². The van der Waals surface area contributed by atoms with E-state index >= 15 is 0 Å². The fraction of sp³-hybridized carbons (Fsp3) is 0.0213. The van der Waals surface area contributed by atoms with Crippen molar-refractivity contribution < 1.29 is 4.57 Å². The summed E-state index contributed by atoms with van der Waals surface area (Å²) in [5.74, 6) is 0. The number of benzene rings is 9. The van der Waals surface area contributed by atoms with E-state index < -0.39 is 7.14 Å². The molecule has 1 unspecified atom stereocenters. The van der Waals surface area contributed by atoms with Crippen LogP contribution in [0.5, 0.6) is 0 Å². The molecule has 10 rings (SSSR count). The van der Waals surface area contributed by atoms with Gasteiger partial charge >= 0.3 is 0 Å². The van der Waals surface area contributed by atoms with Gasteiger partial charge in [0.1, 0.15) is 7.14 Å². The highest BCUT2D eigenvalue weighted by molar-refractivity contribution is 7.78. The van der Waals surface area contributed by atoms with E-state index in [4.69, 9.17) is 0 Å². The fourth-order valence-electron chi connectivity index (χ4n) is 8.11. The van der Waals surface area contributed by atoms with Crippen LogP contribution in [0.15, 0.2) is 170 Å². The van der Waals surface area contributed by atoms with Crippen molar-refractivity contribution in [2.75, 3.05) is 6.66 Å². The highest BCUT2D eigenvalue weighted by Crippen LogP contribution is 2.44. The van der Waals surface area contributed by atoms with Crippen LogP contribution in [0, 0.1) is 0 Å². The quantitative estimate of drug-likeness (QED) is 0.138. The molecule has 0 saturated heterocycles. The van der Waals surface area contributed by atoms with Crippen LogP contribution in [-0.4, -0.2) is 6.66 Å². The maximum atomic E-state index is 13.7. The van der Waals surface area contributed by atoms with Gasteiger partial charge in [-0.1, -0.05) is 158 Å². The Morgan fingerprint density at radius 2 is 0.735 bits per heavy atom. The van der Waals surface area contributed by atoms with Crippen LogP contribution >= 0.6 is 7.14 Å². The standard InChI is InChI=1S/C47H31OP/c1-49(48,38-11-3-2-4-12-38)39-26-24-31(25-27-39)30-16-18-32(19-17-30)37-28-36-23-22-35-9-6-14-41-40-13-5-8-33-20-21-34-10-7-15-42(46(34)44(33)40)43(29-37)47(36)45(35)41/h2-29H,1H3. The third kappa shape index (κ3) is 4.29. The Kier molecular flexibility index (Phi) is 6.13. The minimum absolute atomic E-state index is 0.875. The topological polar surface area (TPSA) is 17.1 Å². The lowest BCUT2D eigenvalue weighted by Gasteiger charge is -2.17. The van der Waals surface area contributed by atoms with Gasteiger partial charge in [-0.2, -0.15) is 0 Å². The van der Waals surface area contributed by atoms with Gasteiger partial charge in [-0.25, -0.2) is 0 Å². The first-order valence-electron chi connectivity index (χ1n) is 16.8. The zero-order chi connectivity index (χ0) is 32.7. The summed E-state index contributed by atoms with van der Waals surface area (Å²) < 4.78 is 13.7. The largest absolute Gasteiger partial charge is 0.314 e. The first-order chi connectivity index (χ1) is 24.0. The second-order valence-electron chi connectivity index (χ2n) is 13.3. The minimum Gasteiger partial charge on any atom is -0.314 e. The van der Waals surface area contributed by atoms with Crippen molar-refractivity contribution in [1.82, 2.24) is 0 Å². The molecule has 230 valence electrons. The summed E-state index contributed by atoms with van der Waals surface area (Å²) in [5.41, 5.74) is 4.64. The Morgan fingerprint density at radius 1 is 0.327 bits per heavy atom. The SMILES string of the molecule is CP(=O)(c1ccccc1)c1ccc(-c2ccc(-c3cc4ccc5cccc6c7cccc8ccc9cccc(c(c3)c4c56)c9c87)cc2)cc1. The molecule has 0 saturated carbocycles. The second-order valence-corrected chi connectivity index (χ2v) is 16.2. The van der Waals surface area contributed by atoms with Crippen LogP contribution in [0.3, 0.4) is 0 Å². The van der Waals surface area contributed by atoms with Gasteiger partial charge in [-0.15, -0.1) is 0 Å². The molecule has 1 atom stereocenters. The summed E-state index contributed by atoms with van der Waals surface area (Å²) in [5, 5.41) is 17.3. The monoisotopic (exact) mass is 642 g/mol. The lowest BCUT2D eigenvalue weighted by molar-refractivity contribution is 0.590. The molecule has 0 spiro atoms. The van der Waals surface area contributed by atoms with E-state index in [9.17, 15) is 4.57 Å². The van der Waals surface area contributed by atoms with Crippen LogP contribution in [0.1, 0.15) is 0 Å². The van der Waals surface area contributed by atoms with Gasteiger partial charge in [0.05, 0.1) is 0 Å². The molecule has 49 heavy (non-hydrogen) atoms. The van der Waals surface area contributed by atoms with Crippen LogP contribution in [-0.2, 0) is 4.57 Å². The zero-order valence-electron chi connectivity index (χ0n) is 27.0. The normalized spacial score (nSPS) is 13.2. The third-order valence-corrected chi connectivity index (χ3v) is 13.2. The number of hydrogen-bond acceptors (Lipinski definition) is 1. The zero-order valence-corrected chi connectivity index (χ0v) is 27.9. The molecule has 0 aliphatic carbocycles. The molecule has 0 aliphatic heterocycles. The predicted molar refractivity (Wildman–Crippen MR) is 213 cm³/mol. The molecular formula is C47H31OP. The van der Waals surface area contributed by atoms with Crippen molar-refractivity contribution in [3.05, 3.63) is 170 Å². The summed E-state index contributed by atoms with van der Waals surface area (Å²) in [6.07, 6.45) is 0. The number of fused-ring (bicyclic) bond motifs is 2. The van der Waals surface area contributed by atoms with Crippen molar-refractivity contribution in [2.45, 2.75) is 0 Å². The molecule has 10 aromatic rings. The molecule has 0 aliphatic rings. The summed E-state index contributed by atoms with van der Waals surface area (Å²) in [6, 6.07) is 61.0. The van der Waals surface area contributed by atoms with E-state index in [-0.39, 0.29) is 0 Å². The average Bonchev–Trinajstić information content (AvgIpc) is 3.16. The molecule has 1 nitrogen and oxygen atoms in total. The maximum Gasteiger partial charge on any atom is 0.140 e. The van der Waals surface area contributed by atoms with Gasteiger partial charge < -0.3 is 4.57 Å². The molecule has 2 heteroatoms. The molecule has 0 bridgehead atoms. The van der Waals surface area contributed by atoms with E-state index in [1.807, 2.05) is 49.1 Å². The van der Waals surface area contributed by atoms with Gasteiger partial charge in [-0.05, 0) is 106 Å². The predicted octanol–water partition coefficient (Wildman–Crippen LogP) is 12.3. The number of hydrogen-bond donors (Lipinski definition) is 0. The smallest absolute Gasteiger partial charge is 0.140 e. The highest BCUT2D eigenvalue weighted by atomic mass is 31.2. The minimum atomic E-state index is -2.65. The molecule has 0 radical (unpaired) electrons. The Bertz CT molecular complexity index is 2930. The van der Waals surface area contributed by atoms with Gasteiger partial charge in [-0.3, -0.25) is 0 Å². The molecule has 0 heterocycles. The van der Waals surface area contributed by atoms with Crippen molar-refractivity contribution in [3.8, 4) is 22.3 Å². The Hall–Kier alpha value is -5.75. The lowest BCUT2D eigenvalue weighted by Crippen LogP contribution is -2.14. The van der Waals surface area contributed by atoms with Crippen molar-refractivity contribution in [3.63, 3.8) is 0 Å². The molecule has 0 aromatic heterocycles. The van der Waals surface area contributed by atoms with Crippen molar-refractivity contribution in [2.24, 2.45) is 0 Å². The Balaban J connectivity index is 1.16. The Morgan fingerprint density at radius 3 is 1.27 bits per heavy atom. The van der Waals surface area contributed by atoms with E-state index in [2.05, 4.69) is 127 Å². The first-order valence-corrected chi connectivity index (χ1v) is 19.0. The van der Waals surface area contributed by atoms with Gasteiger partial charge in [0.25, 0.3) is 0 Å². The van der Waals surface area contributed by atoms with Crippen LogP contribution in [0.2, 0.25) is 0 Å². The van der Waals surface area contributed by atoms with Crippen molar-refractivity contribution in [1.29, 1.82) is 0 Å². The van der Waals surface area contributed by atoms with Gasteiger partial charge in [0, 0.05) is 10.6 Å². The van der Waals surface area contributed by atoms with E-state index in [0.717, 1.165) is 21.7 Å². The molecule has 10 aromatic carbocycles. The fourth-order valence-corrected chi connectivity index (χ4v) is 9.86. The summed E-state index contributed by atoms with van der Waals surface area (Å²) >= 11 is 0. The highest BCUT2D eigenvalue weighted by Gasteiger charge is 2.21. The second kappa shape index (κ2) is 10.6. The third-order valence-electron chi connectivity index (χ3n) is 10.6. The first kappa shape index (κ1) is 28.3. The molecule has 0 fully saturated rings. The summed E-state index contributed by atoms with van der Waals surface area (Å²) in [4.78, 5) is 0. The molecule has 0 amide bonds. The van der Waals surface area contributed by atoms with E-state index in [0.29, 0.717) is 0 Å². The summed E-state index contributed by atoms with van der Waals surface area (Å²) in [7, 11) is -2.65. The summed E-state index contributed by atoms with van der Waals surface area (Å²) in [6.45, 7) is 1.86. The van der Waals surface area contributed by atoms with Gasteiger partial charge in [0.2, 0.25) is 0 Å². The van der Waals surface area contributed by atoms with Crippen molar-refractivity contribution >= 4 is 82.4 Å². The molecule has 0 N–H and O–H groups in total. The van der Waals surface area contributed by atoms with E-state index in [1.165, 1.54) is 75.8 Å². The van der Waals surface area contributed by atoms with Gasteiger partial charge in [0.15, 0.2) is 0 Å². The van der Waals surface area contributed by atoms with E-state index in [1.54, 1.807) is 0 Å². The lowest BCUT2D eigenvalue weighted by atomic mass is 9.86. The Labute approximate surface area is 284 Å². The number of rotatable bonds is 4. The molecular weight excluding hydrogens is 611 g/mol. The average molecular weight is 643 g/mol. The van der Waals surface area contributed by atoms with Crippen LogP contribution in [0.4, 0.5) is 0 Å². The maximum absolute atomic E-state index is 13.7.